The minimum absolute atomic E-state index is 0.148. The summed E-state index contributed by atoms with van der Waals surface area (Å²) in [6.45, 7) is 0. The summed E-state index contributed by atoms with van der Waals surface area (Å²) in [4.78, 5) is 3.63. The molecule has 0 saturated carbocycles. The van der Waals surface area contributed by atoms with Crippen LogP contribution in [0.5, 0.6) is 0 Å². The van der Waals surface area contributed by atoms with Crippen LogP contribution in [0, 0.1) is 0 Å². The van der Waals surface area contributed by atoms with Gasteiger partial charge in [0.2, 0.25) is 9.05 Å². The fourth-order valence-corrected chi connectivity index (χ4v) is 3.80. The van der Waals surface area contributed by atoms with Crippen molar-refractivity contribution in [3.63, 3.8) is 0 Å². The van der Waals surface area contributed by atoms with Crippen molar-refractivity contribution in [2.24, 2.45) is 0 Å². The van der Waals surface area contributed by atoms with E-state index >= 15 is 0 Å². The number of nitrogens with zero attached hydrogens (tertiary/aromatic N) is 1. The van der Waals surface area contributed by atoms with Gasteiger partial charge in [-0.1, -0.05) is 6.07 Å². The Kier molecular flexibility index (Phi) is 3.69. The lowest BCUT2D eigenvalue weighted by Gasteiger charge is -2.00. The zero-order valence-corrected chi connectivity index (χ0v) is 9.89. The minimum atomic E-state index is -3.80. The molecule has 0 amide bonds. The van der Waals surface area contributed by atoms with Gasteiger partial charge in [-0.15, -0.1) is 0 Å². The van der Waals surface area contributed by atoms with Gasteiger partial charge in [-0.25, -0.2) is 21.8 Å². The molecule has 1 aromatic rings. The van der Waals surface area contributed by atoms with Crippen LogP contribution in [0.2, 0.25) is 0 Å². The Morgan fingerprint density at radius 3 is 2.27 bits per heavy atom. The number of hydrogen-bond donors (Lipinski definition) is 0. The Morgan fingerprint density at radius 2 is 1.80 bits per heavy atom. The molecule has 0 saturated heterocycles. The van der Waals surface area contributed by atoms with Crippen molar-refractivity contribution >= 4 is 29.6 Å². The highest BCUT2D eigenvalue weighted by atomic mass is 35.7. The van der Waals surface area contributed by atoms with E-state index < -0.39 is 30.4 Å². The molecule has 1 rings (SSSR count). The van der Waals surface area contributed by atoms with Crippen molar-refractivity contribution in [3.8, 4) is 0 Å². The number of aromatic nitrogens is 1. The van der Waals surface area contributed by atoms with Crippen LogP contribution in [0.3, 0.4) is 0 Å². The van der Waals surface area contributed by atoms with Gasteiger partial charge >= 0.3 is 0 Å². The highest BCUT2D eigenvalue weighted by Crippen LogP contribution is 2.08. The van der Waals surface area contributed by atoms with Gasteiger partial charge in [0, 0.05) is 16.9 Å². The molecule has 0 radical (unpaired) electrons. The van der Waals surface area contributed by atoms with Gasteiger partial charge in [0.25, 0.3) is 0 Å². The predicted molar refractivity (Wildman–Crippen MR) is 55.9 cm³/mol. The minimum Gasteiger partial charge on any atom is -0.245 e. The van der Waals surface area contributed by atoms with Crippen molar-refractivity contribution in [2.45, 2.75) is 5.03 Å². The van der Waals surface area contributed by atoms with E-state index in [-0.39, 0.29) is 5.03 Å². The van der Waals surface area contributed by atoms with E-state index in [4.69, 9.17) is 10.7 Å². The van der Waals surface area contributed by atoms with Crippen LogP contribution in [0.1, 0.15) is 0 Å². The highest BCUT2D eigenvalue weighted by Gasteiger charge is 2.18. The Hall–Kier alpha value is -0.660. The molecule has 1 heterocycles. The summed E-state index contributed by atoms with van der Waals surface area (Å²) < 4.78 is 44.2. The van der Waals surface area contributed by atoms with E-state index in [0.29, 0.717) is 0 Å². The number of pyridine rings is 1. The first kappa shape index (κ1) is 12.4. The summed E-state index contributed by atoms with van der Waals surface area (Å²) in [5, 5.41) is -0.148. The van der Waals surface area contributed by atoms with E-state index in [0.717, 1.165) is 0 Å². The lowest BCUT2D eigenvalue weighted by Crippen LogP contribution is -2.15. The van der Waals surface area contributed by atoms with E-state index in [2.05, 4.69) is 4.98 Å². The Balaban J connectivity index is 2.87. The molecule has 15 heavy (non-hydrogen) atoms. The number of sulfone groups is 1. The van der Waals surface area contributed by atoms with Gasteiger partial charge in [0.15, 0.2) is 14.9 Å². The smallest absolute Gasteiger partial charge is 0.233 e. The molecule has 0 bridgehead atoms. The van der Waals surface area contributed by atoms with Crippen LogP contribution < -0.4 is 0 Å². The average molecular weight is 270 g/mol. The summed E-state index contributed by atoms with van der Waals surface area (Å²) in [6, 6.07) is 4.38. The summed E-state index contributed by atoms with van der Waals surface area (Å²) in [7, 11) is -2.55. The summed E-state index contributed by atoms with van der Waals surface area (Å²) in [6.07, 6.45) is 1.32. The lowest BCUT2D eigenvalue weighted by atomic mass is 10.5. The first-order valence-electron chi connectivity index (χ1n) is 3.87. The first-order chi connectivity index (χ1) is 6.81. The molecule has 0 atom stereocenters. The Labute approximate surface area is 92.4 Å². The van der Waals surface area contributed by atoms with Crippen LogP contribution in [-0.4, -0.2) is 33.3 Å². The molecule has 0 aliphatic heterocycles. The van der Waals surface area contributed by atoms with Gasteiger partial charge in [-0.05, 0) is 12.1 Å². The maximum Gasteiger partial charge on any atom is 0.233 e. The number of rotatable bonds is 4. The molecule has 0 aliphatic carbocycles. The van der Waals surface area contributed by atoms with Gasteiger partial charge in [0.1, 0.15) is 0 Å². The molecule has 0 N–H and O–H groups in total. The monoisotopic (exact) mass is 269 g/mol. The molecule has 0 spiro atoms. The topological polar surface area (TPSA) is 81.2 Å². The molecular formula is C7H8ClNO4S2. The SMILES string of the molecule is O=S(=O)(Cl)CCS(=O)(=O)c1ccccn1. The van der Waals surface area contributed by atoms with Crippen molar-refractivity contribution in [1.29, 1.82) is 0 Å². The molecule has 5 nitrogen and oxygen atoms in total. The third-order valence-corrected chi connectivity index (χ3v) is 4.59. The van der Waals surface area contributed by atoms with E-state index in [1.54, 1.807) is 6.07 Å². The van der Waals surface area contributed by atoms with E-state index in [1.165, 1.54) is 18.3 Å². The summed E-state index contributed by atoms with van der Waals surface area (Å²) >= 11 is 0. The third kappa shape index (κ3) is 4.15. The maximum absolute atomic E-state index is 11.5. The zero-order chi connectivity index (χ0) is 11.5. The van der Waals surface area contributed by atoms with Crippen molar-refractivity contribution in [2.75, 3.05) is 11.5 Å². The number of halogens is 1. The van der Waals surface area contributed by atoms with Gasteiger partial charge in [-0.2, -0.15) is 0 Å². The molecule has 0 unspecified atom stereocenters. The fraction of sp³-hybridized carbons (Fsp3) is 0.286. The first-order valence-corrected chi connectivity index (χ1v) is 8.00. The van der Waals surface area contributed by atoms with Crippen molar-refractivity contribution in [1.82, 2.24) is 4.98 Å². The second-order valence-electron chi connectivity index (χ2n) is 2.73. The normalized spacial score (nSPS) is 12.6. The number of hydrogen-bond acceptors (Lipinski definition) is 5. The van der Waals surface area contributed by atoms with Crippen molar-refractivity contribution < 1.29 is 16.8 Å². The second-order valence-corrected chi connectivity index (χ2v) is 7.68. The van der Waals surface area contributed by atoms with Gasteiger partial charge in [0.05, 0.1) is 11.5 Å². The fourth-order valence-electron chi connectivity index (χ4n) is 0.845. The largest absolute Gasteiger partial charge is 0.245 e. The molecule has 0 fully saturated rings. The quantitative estimate of drug-likeness (QED) is 0.740. The van der Waals surface area contributed by atoms with Crippen LogP contribution in [0.4, 0.5) is 0 Å². The third-order valence-electron chi connectivity index (χ3n) is 1.55. The van der Waals surface area contributed by atoms with E-state index in [9.17, 15) is 16.8 Å². The Morgan fingerprint density at radius 1 is 1.13 bits per heavy atom. The van der Waals surface area contributed by atoms with E-state index in [1.807, 2.05) is 0 Å². The Bertz CT molecular complexity index is 523. The van der Waals surface area contributed by atoms with Crippen LogP contribution >= 0.6 is 10.7 Å². The van der Waals surface area contributed by atoms with Crippen molar-refractivity contribution in [3.05, 3.63) is 24.4 Å². The predicted octanol–water partition coefficient (Wildman–Crippen LogP) is 0.424. The average Bonchev–Trinajstić information content (AvgIpc) is 2.16. The molecule has 1 aromatic heterocycles. The van der Waals surface area contributed by atoms with Gasteiger partial charge in [-0.3, -0.25) is 0 Å². The molecule has 0 aromatic carbocycles. The summed E-state index contributed by atoms with van der Waals surface area (Å²) in [5.74, 6) is -1.18. The maximum atomic E-state index is 11.5. The standard InChI is InChI=1S/C7H8ClNO4S2/c8-15(12,13)6-5-14(10,11)7-3-1-2-4-9-7/h1-4H,5-6H2. The molecule has 84 valence electrons. The molecule has 8 heteroatoms. The summed E-state index contributed by atoms with van der Waals surface area (Å²) in [5.41, 5.74) is 0. The molecular weight excluding hydrogens is 262 g/mol. The zero-order valence-electron chi connectivity index (χ0n) is 7.50. The van der Waals surface area contributed by atoms with Crippen LogP contribution in [-0.2, 0) is 18.9 Å². The second kappa shape index (κ2) is 4.46. The van der Waals surface area contributed by atoms with Gasteiger partial charge < -0.3 is 0 Å². The van der Waals surface area contributed by atoms with Crippen LogP contribution in [0.15, 0.2) is 29.4 Å². The molecule has 0 aliphatic rings. The van der Waals surface area contributed by atoms with Crippen LogP contribution in [0.25, 0.3) is 0 Å². The lowest BCUT2D eigenvalue weighted by molar-refractivity contribution is 0.589. The highest BCUT2D eigenvalue weighted by molar-refractivity contribution is 8.14.